The number of ketones is 1. The van der Waals surface area contributed by atoms with E-state index >= 15 is 0 Å². The van der Waals surface area contributed by atoms with E-state index in [4.69, 9.17) is 11.1 Å². The minimum atomic E-state index is -0.706. The summed E-state index contributed by atoms with van der Waals surface area (Å²) in [6, 6.07) is 4.77. The van der Waals surface area contributed by atoms with Gasteiger partial charge < -0.3 is 11.1 Å². The molecule has 1 atom stereocenters. The summed E-state index contributed by atoms with van der Waals surface area (Å²) >= 11 is 1.47. The largest absolute Gasteiger partial charge is 0.379 e. The molecule has 6 heteroatoms. The number of nitrogens with two attached hydrogens (primary N) is 1. The summed E-state index contributed by atoms with van der Waals surface area (Å²) in [6.45, 7) is 3.67. The molecule has 0 aromatic heterocycles. The van der Waals surface area contributed by atoms with Gasteiger partial charge in [-0.1, -0.05) is 23.9 Å². The molecule has 1 fully saturated rings. The molecule has 0 bridgehead atoms. The standard InChI is InChI=1S/C20H24FN3OS/c1-3-14(18(22)13-5-6-13)17(25)11-12-4-7-16(21)15(10-12)20(2)8-9-26-19(23)24-20/h3-4,7,10,13,22H,5-6,8-9,11H2,1-2H3,(H2,23,24)/b14-3-,22-18?/t20-/m0/s1. The maximum Gasteiger partial charge on any atom is 0.168 e. The first kappa shape index (κ1) is 18.8. The Balaban J connectivity index is 1.84. The fraction of sp³-hybridized carbons (Fsp3) is 0.450. The number of Topliss-reactive ketones (excluding diaryl/α,β-unsaturated/α-hetero) is 1. The van der Waals surface area contributed by atoms with E-state index < -0.39 is 5.54 Å². The molecule has 3 rings (SSSR count). The molecule has 1 aliphatic heterocycles. The lowest BCUT2D eigenvalue weighted by Gasteiger charge is -2.30. The number of hydrogen-bond acceptors (Lipinski definition) is 5. The van der Waals surface area contributed by atoms with Gasteiger partial charge in [0.1, 0.15) is 5.82 Å². The molecule has 0 saturated heterocycles. The number of benzene rings is 1. The van der Waals surface area contributed by atoms with Crippen LogP contribution in [0.15, 0.2) is 34.8 Å². The van der Waals surface area contributed by atoms with Crippen molar-refractivity contribution < 1.29 is 9.18 Å². The number of hydrogen-bond donors (Lipinski definition) is 2. The predicted molar refractivity (Wildman–Crippen MR) is 105 cm³/mol. The van der Waals surface area contributed by atoms with Crippen LogP contribution in [0.4, 0.5) is 4.39 Å². The third-order valence-corrected chi connectivity index (χ3v) is 5.83. The summed E-state index contributed by atoms with van der Waals surface area (Å²) in [4.78, 5) is 17.1. The maximum absolute atomic E-state index is 14.5. The van der Waals surface area contributed by atoms with Crippen molar-refractivity contribution in [1.82, 2.24) is 0 Å². The van der Waals surface area contributed by atoms with Gasteiger partial charge in [-0.05, 0) is 50.8 Å². The van der Waals surface area contributed by atoms with Crippen molar-refractivity contribution in [1.29, 1.82) is 5.41 Å². The number of nitrogens with zero attached hydrogens (tertiary/aromatic N) is 1. The Kier molecular flexibility index (Phi) is 5.32. The van der Waals surface area contributed by atoms with Crippen LogP contribution >= 0.6 is 11.8 Å². The van der Waals surface area contributed by atoms with E-state index in [1.165, 1.54) is 17.8 Å². The van der Waals surface area contributed by atoms with E-state index in [1.807, 2.05) is 6.92 Å². The number of carbonyl (C=O) groups excluding carboxylic acids is 1. The molecule has 4 nitrogen and oxygen atoms in total. The average molecular weight is 373 g/mol. The fourth-order valence-corrected chi connectivity index (χ4v) is 4.29. The average Bonchev–Trinajstić information content (AvgIpc) is 3.42. The van der Waals surface area contributed by atoms with Crippen molar-refractivity contribution in [2.75, 3.05) is 5.75 Å². The fourth-order valence-electron chi connectivity index (χ4n) is 3.31. The Morgan fingerprint density at radius 2 is 2.23 bits per heavy atom. The monoisotopic (exact) mass is 373 g/mol. The lowest BCUT2D eigenvalue weighted by Crippen LogP contribution is -2.30. The number of nitrogens with one attached hydrogen (secondary N) is 1. The highest BCUT2D eigenvalue weighted by Crippen LogP contribution is 2.37. The van der Waals surface area contributed by atoms with Gasteiger partial charge in [-0.2, -0.15) is 0 Å². The molecule has 26 heavy (non-hydrogen) atoms. The minimum absolute atomic E-state index is 0.0886. The molecule has 1 saturated carbocycles. The van der Waals surface area contributed by atoms with Gasteiger partial charge >= 0.3 is 0 Å². The summed E-state index contributed by atoms with van der Waals surface area (Å²) in [5.74, 6) is 0.596. The molecule has 1 aromatic rings. The van der Waals surface area contributed by atoms with Crippen molar-refractivity contribution in [3.8, 4) is 0 Å². The van der Waals surface area contributed by atoms with Crippen molar-refractivity contribution in [3.05, 3.63) is 46.8 Å². The summed E-state index contributed by atoms with van der Waals surface area (Å²) in [6.07, 6.45) is 4.54. The van der Waals surface area contributed by atoms with Crippen molar-refractivity contribution in [2.24, 2.45) is 16.6 Å². The molecule has 138 valence electrons. The third-order valence-electron chi connectivity index (χ3n) is 5.04. The predicted octanol–water partition coefficient (Wildman–Crippen LogP) is 3.98. The van der Waals surface area contributed by atoms with Crippen LogP contribution in [0.5, 0.6) is 0 Å². The zero-order valence-electron chi connectivity index (χ0n) is 15.1. The molecule has 0 spiro atoms. The van der Waals surface area contributed by atoms with Gasteiger partial charge in [-0.15, -0.1) is 0 Å². The molecule has 1 aliphatic carbocycles. The first-order valence-electron chi connectivity index (χ1n) is 8.89. The summed E-state index contributed by atoms with van der Waals surface area (Å²) in [5, 5.41) is 8.63. The van der Waals surface area contributed by atoms with Gasteiger partial charge in [0.15, 0.2) is 11.0 Å². The molecule has 0 amide bonds. The van der Waals surface area contributed by atoms with E-state index in [-0.39, 0.29) is 23.9 Å². The van der Waals surface area contributed by atoms with E-state index in [9.17, 15) is 9.18 Å². The highest BCUT2D eigenvalue weighted by atomic mass is 32.2. The van der Waals surface area contributed by atoms with Gasteiger partial charge in [0, 0.05) is 34.9 Å². The highest BCUT2D eigenvalue weighted by Gasteiger charge is 2.33. The van der Waals surface area contributed by atoms with Crippen LogP contribution in [0.2, 0.25) is 0 Å². The third kappa shape index (κ3) is 3.90. The van der Waals surface area contributed by atoms with Crippen LogP contribution in [0, 0.1) is 17.1 Å². The second-order valence-corrected chi connectivity index (χ2v) is 8.24. The van der Waals surface area contributed by atoms with E-state index in [2.05, 4.69) is 4.99 Å². The smallest absolute Gasteiger partial charge is 0.168 e. The molecule has 2 aliphatic rings. The number of carbonyl (C=O) groups is 1. The van der Waals surface area contributed by atoms with Crippen molar-refractivity contribution in [3.63, 3.8) is 0 Å². The molecular formula is C20H24FN3OS. The Hall–Kier alpha value is -1.95. The number of rotatable bonds is 6. The summed E-state index contributed by atoms with van der Waals surface area (Å²) in [5.41, 5.74) is 7.28. The van der Waals surface area contributed by atoms with E-state index in [0.29, 0.717) is 28.4 Å². The van der Waals surface area contributed by atoms with Crippen LogP contribution in [0.3, 0.4) is 0 Å². The highest BCUT2D eigenvalue weighted by molar-refractivity contribution is 8.13. The second kappa shape index (κ2) is 7.35. The Morgan fingerprint density at radius 1 is 1.50 bits per heavy atom. The van der Waals surface area contributed by atoms with Gasteiger partial charge in [-0.3, -0.25) is 9.79 Å². The molecule has 1 heterocycles. The first-order chi connectivity index (χ1) is 12.3. The van der Waals surface area contributed by atoms with E-state index in [0.717, 1.165) is 24.2 Å². The van der Waals surface area contributed by atoms with Gasteiger partial charge in [0.05, 0.1) is 5.54 Å². The normalized spacial score (nSPS) is 23.5. The molecule has 1 aromatic carbocycles. The first-order valence-corrected chi connectivity index (χ1v) is 9.88. The van der Waals surface area contributed by atoms with E-state index in [1.54, 1.807) is 25.1 Å². The molecule has 0 unspecified atom stereocenters. The lowest BCUT2D eigenvalue weighted by atomic mass is 9.87. The summed E-state index contributed by atoms with van der Waals surface area (Å²) < 4.78 is 14.5. The van der Waals surface area contributed by atoms with Gasteiger partial charge in [0.25, 0.3) is 0 Å². The molecule has 0 radical (unpaired) electrons. The Morgan fingerprint density at radius 3 is 2.85 bits per heavy atom. The number of amidine groups is 1. The second-order valence-electron chi connectivity index (χ2n) is 7.13. The SMILES string of the molecule is C/C=C(\C(=N)C1CC1)C(=O)Cc1ccc(F)c([C@]2(C)CCSC(N)=N2)c1. The summed E-state index contributed by atoms with van der Waals surface area (Å²) in [7, 11) is 0. The van der Waals surface area contributed by atoms with Crippen LogP contribution in [-0.2, 0) is 16.8 Å². The lowest BCUT2D eigenvalue weighted by molar-refractivity contribution is -0.114. The van der Waals surface area contributed by atoms with Crippen LogP contribution < -0.4 is 5.73 Å². The van der Waals surface area contributed by atoms with Crippen molar-refractivity contribution in [2.45, 2.75) is 45.1 Å². The number of thioether (sulfide) groups is 1. The zero-order chi connectivity index (χ0) is 18.9. The Bertz CT molecular complexity index is 813. The number of allylic oxidation sites excluding steroid dienone is 2. The maximum atomic E-state index is 14.5. The molecule has 3 N–H and O–H groups in total. The topological polar surface area (TPSA) is 79.3 Å². The zero-order valence-corrected chi connectivity index (χ0v) is 16.0. The Labute approximate surface area is 157 Å². The van der Waals surface area contributed by atoms with Crippen LogP contribution in [0.25, 0.3) is 0 Å². The molecular weight excluding hydrogens is 349 g/mol. The van der Waals surface area contributed by atoms with Crippen molar-refractivity contribution >= 4 is 28.4 Å². The van der Waals surface area contributed by atoms with Crippen LogP contribution in [0.1, 0.15) is 44.2 Å². The minimum Gasteiger partial charge on any atom is -0.379 e. The number of halogens is 1. The van der Waals surface area contributed by atoms with Gasteiger partial charge in [0.2, 0.25) is 0 Å². The number of aliphatic imine (C=N–C) groups is 1. The van der Waals surface area contributed by atoms with Gasteiger partial charge in [-0.25, -0.2) is 4.39 Å². The van der Waals surface area contributed by atoms with Crippen LogP contribution in [-0.4, -0.2) is 22.4 Å². The quantitative estimate of drug-likeness (QED) is 0.585.